The number of carbonyl (C=O) groups excluding carboxylic acids is 2. The molecular weight excluding hydrogens is 499 g/mol. The van der Waals surface area contributed by atoms with E-state index in [1.807, 2.05) is 37.3 Å². The Labute approximate surface area is 232 Å². The quantitative estimate of drug-likeness (QED) is 0.383. The van der Waals surface area contributed by atoms with Crippen LogP contribution in [0.4, 0.5) is 4.79 Å². The number of morpholine rings is 1. The average Bonchev–Trinajstić information content (AvgIpc) is 2.92. The summed E-state index contributed by atoms with van der Waals surface area (Å²) in [5.74, 6) is -1.22. The monoisotopic (exact) mass is 542 g/mol. The molecule has 1 aromatic carbocycles. The van der Waals surface area contributed by atoms with Gasteiger partial charge in [-0.05, 0) is 65.4 Å². The lowest BCUT2D eigenvalue weighted by atomic mass is 9.75. The zero-order valence-electron chi connectivity index (χ0n) is 23.7. The first kappa shape index (κ1) is 30.9. The highest BCUT2D eigenvalue weighted by Crippen LogP contribution is 2.38. The number of alkyl carbamates (subject to hydrolysis) is 1. The van der Waals surface area contributed by atoms with Crippen LogP contribution < -0.4 is 5.32 Å². The van der Waals surface area contributed by atoms with Gasteiger partial charge >= 0.3 is 13.2 Å². The molecule has 2 aliphatic rings. The van der Waals surface area contributed by atoms with Crippen molar-refractivity contribution in [3.63, 3.8) is 0 Å². The summed E-state index contributed by atoms with van der Waals surface area (Å²) in [6.07, 6.45) is 2.07. The van der Waals surface area contributed by atoms with Crippen LogP contribution in [0.2, 0.25) is 0 Å². The lowest BCUT2D eigenvalue weighted by molar-refractivity contribution is -0.151. The number of hydrogen-bond acceptors (Lipinski definition) is 8. The van der Waals surface area contributed by atoms with Crippen molar-refractivity contribution in [2.75, 3.05) is 39.5 Å². The van der Waals surface area contributed by atoms with Gasteiger partial charge in [0, 0.05) is 25.2 Å². The Hall–Kier alpha value is -2.65. The number of nitriles is 1. The van der Waals surface area contributed by atoms with Gasteiger partial charge in [-0.2, -0.15) is 5.26 Å². The maximum atomic E-state index is 14.0. The van der Waals surface area contributed by atoms with Crippen LogP contribution in [-0.4, -0.2) is 95.4 Å². The fraction of sp³-hybridized carbons (Fsp3) is 0.679. The number of nitrogens with zero attached hydrogens (tertiary/aromatic N) is 3. The van der Waals surface area contributed by atoms with Crippen LogP contribution >= 0.6 is 0 Å². The summed E-state index contributed by atoms with van der Waals surface area (Å²) < 4.78 is 11.0. The fourth-order valence-corrected chi connectivity index (χ4v) is 5.80. The Kier molecular flexibility index (Phi) is 10.4. The molecule has 39 heavy (non-hydrogen) atoms. The van der Waals surface area contributed by atoms with Crippen LogP contribution in [0.25, 0.3) is 0 Å². The van der Waals surface area contributed by atoms with Crippen LogP contribution in [0.3, 0.4) is 0 Å². The first-order chi connectivity index (χ1) is 18.4. The van der Waals surface area contributed by atoms with Gasteiger partial charge in [0.25, 0.3) is 0 Å². The number of carbonyl (C=O) groups is 2. The van der Waals surface area contributed by atoms with E-state index >= 15 is 0 Å². The Morgan fingerprint density at radius 3 is 2.46 bits per heavy atom. The minimum absolute atomic E-state index is 0.0709. The van der Waals surface area contributed by atoms with Crippen LogP contribution in [-0.2, 0) is 20.7 Å². The number of rotatable bonds is 10. The standard InChI is InChI=1S/C28H43BN4O6/c1-26(2,32-14-16-38-17-15-32)19-27(3,20-30)24(34)33-13-9-8-12-28(33,4)21-39-25(35)31-23(29(36)37)18-22-10-6-5-7-11-22/h5-7,10-11,23,36-37H,8-9,12-19,21H2,1-4H3,(H,31,35)/t23-,27?,28+/m0/s1. The third-order valence-electron chi connectivity index (χ3n) is 8.09. The molecule has 2 aliphatic heterocycles. The van der Waals surface area contributed by atoms with E-state index in [1.54, 1.807) is 11.8 Å². The summed E-state index contributed by atoms with van der Waals surface area (Å²) in [7, 11) is -1.77. The molecule has 2 heterocycles. The van der Waals surface area contributed by atoms with Crippen LogP contribution in [0.1, 0.15) is 58.9 Å². The van der Waals surface area contributed by atoms with Crippen molar-refractivity contribution in [1.29, 1.82) is 5.26 Å². The first-order valence-corrected chi connectivity index (χ1v) is 13.8. The van der Waals surface area contributed by atoms with E-state index in [0.717, 1.165) is 31.5 Å². The topological polar surface area (TPSA) is 135 Å². The number of piperidine rings is 1. The molecule has 2 amide bonds. The second-order valence-corrected chi connectivity index (χ2v) is 11.9. The Bertz CT molecular complexity index is 1010. The van der Waals surface area contributed by atoms with Crippen molar-refractivity contribution in [2.45, 2.75) is 76.8 Å². The Morgan fingerprint density at radius 2 is 1.85 bits per heavy atom. The smallest absolute Gasteiger partial charge is 0.447 e. The minimum atomic E-state index is -1.77. The Morgan fingerprint density at radius 1 is 1.18 bits per heavy atom. The number of amides is 2. The molecule has 10 nitrogen and oxygen atoms in total. The number of hydrogen-bond donors (Lipinski definition) is 3. The normalized spacial score (nSPS) is 22.7. The van der Waals surface area contributed by atoms with Crippen molar-refractivity contribution in [3.8, 4) is 6.07 Å². The molecule has 0 radical (unpaired) electrons. The second-order valence-electron chi connectivity index (χ2n) is 11.9. The molecule has 3 N–H and O–H groups in total. The SMILES string of the molecule is CC(C#N)(CC(C)(C)N1CCOCC1)C(=O)N1CCCC[C@]1(C)COC(=O)N[C@@H](Cc1ccccc1)B(O)O. The van der Waals surface area contributed by atoms with E-state index in [9.17, 15) is 24.9 Å². The molecule has 214 valence electrons. The zero-order chi connectivity index (χ0) is 28.7. The lowest BCUT2D eigenvalue weighted by Crippen LogP contribution is -2.61. The highest BCUT2D eigenvalue weighted by molar-refractivity contribution is 6.43. The van der Waals surface area contributed by atoms with Gasteiger partial charge in [-0.3, -0.25) is 9.69 Å². The van der Waals surface area contributed by atoms with Gasteiger partial charge in [0.15, 0.2) is 0 Å². The largest absolute Gasteiger partial charge is 0.475 e. The van der Waals surface area contributed by atoms with Crippen LogP contribution in [0, 0.1) is 16.7 Å². The molecule has 2 fully saturated rings. The van der Waals surface area contributed by atoms with E-state index in [0.29, 0.717) is 32.6 Å². The number of benzene rings is 1. The molecule has 0 spiro atoms. The number of nitrogens with one attached hydrogen (secondary N) is 1. The Balaban J connectivity index is 1.67. The highest BCUT2D eigenvalue weighted by atomic mass is 16.6. The molecule has 0 bridgehead atoms. The van der Waals surface area contributed by atoms with E-state index in [1.165, 1.54) is 0 Å². The van der Waals surface area contributed by atoms with Gasteiger partial charge < -0.3 is 29.7 Å². The highest BCUT2D eigenvalue weighted by Gasteiger charge is 2.49. The molecule has 11 heteroatoms. The van der Waals surface area contributed by atoms with Crippen molar-refractivity contribution in [2.24, 2.45) is 5.41 Å². The molecular formula is C28H43BN4O6. The van der Waals surface area contributed by atoms with E-state index in [2.05, 4.69) is 30.1 Å². The fourth-order valence-electron chi connectivity index (χ4n) is 5.80. The predicted molar refractivity (Wildman–Crippen MR) is 147 cm³/mol. The predicted octanol–water partition coefficient (Wildman–Crippen LogP) is 2.14. The maximum absolute atomic E-state index is 14.0. The molecule has 1 aromatic rings. The molecule has 3 atom stereocenters. The summed E-state index contributed by atoms with van der Waals surface area (Å²) in [6.45, 7) is 10.9. The molecule has 1 unspecified atom stereocenters. The van der Waals surface area contributed by atoms with Gasteiger partial charge in [-0.15, -0.1) is 0 Å². The van der Waals surface area contributed by atoms with E-state index in [-0.39, 0.29) is 24.5 Å². The van der Waals surface area contributed by atoms with Crippen molar-refractivity contribution in [1.82, 2.24) is 15.1 Å². The van der Waals surface area contributed by atoms with E-state index in [4.69, 9.17) is 9.47 Å². The summed E-state index contributed by atoms with van der Waals surface area (Å²) >= 11 is 0. The molecule has 2 saturated heterocycles. The van der Waals surface area contributed by atoms with Crippen molar-refractivity contribution >= 4 is 19.1 Å². The second kappa shape index (κ2) is 13.1. The maximum Gasteiger partial charge on any atom is 0.475 e. The summed E-state index contributed by atoms with van der Waals surface area (Å²) in [4.78, 5) is 30.7. The summed E-state index contributed by atoms with van der Waals surface area (Å²) in [5, 5.41) is 32.4. The number of likely N-dealkylation sites (tertiary alicyclic amines) is 1. The molecule has 0 aliphatic carbocycles. The van der Waals surface area contributed by atoms with Gasteiger partial charge in [0.05, 0.1) is 30.8 Å². The van der Waals surface area contributed by atoms with Gasteiger partial charge in [0.2, 0.25) is 5.91 Å². The average molecular weight is 542 g/mol. The van der Waals surface area contributed by atoms with Crippen molar-refractivity contribution in [3.05, 3.63) is 35.9 Å². The van der Waals surface area contributed by atoms with Gasteiger partial charge in [-0.25, -0.2) is 4.79 Å². The van der Waals surface area contributed by atoms with Gasteiger partial charge in [-0.1, -0.05) is 30.3 Å². The third kappa shape index (κ3) is 7.95. The van der Waals surface area contributed by atoms with Crippen molar-refractivity contribution < 1.29 is 29.1 Å². The van der Waals surface area contributed by atoms with Crippen LogP contribution in [0.15, 0.2) is 30.3 Å². The molecule has 3 rings (SSSR count). The first-order valence-electron chi connectivity index (χ1n) is 13.8. The third-order valence-corrected chi connectivity index (χ3v) is 8.09. The zero-order valence-corrected chi connectivity index (χ0v) is 23.7. The lowest BCUT2D eigenvalue weighted by Gasteiger charge is -2.48. The van der Waals surface area contributed by atoms with Gasteiger partial charge in [0.1, 0.15) is 12.0 Å². The summed E-state index contributed by atoms with van der Waals surface area (Å²) in [6, 6.07) is 11.5. The summed E-state index contributed by atoms with van der Waals surface area (Å²) in [5.41, 5.74) is -1.60. The molecule has 0 aromatic heterocycles. The molecule has 0 saturated carbocycles. The number of ether oxygens (including phenoxy) is 2. The van der Waals surface area contributed by atoms with E-state index < -0.39 is 30.1 Å². The minimum Gasteiger partial charge on any atom is -0.447 e. The van der Waals surface area contributed by atoms with Crippen LogP contribution in [0.5, 0.6) is 0 Å².